The van der Waals surface area contributed by atoms with Crippen LogP contribution in [0, 0.1) is 5.92 Å². The number of anilines is 1. The number of amides is 2. The minimum absolute atomic E-state index is 0.0332. The highest BCUT2D eigenvalue weighted by Gasteiger charge is 2.53. The van der Waals surface area contributed by atoms with Crippen LogP contribution in [0.2, 0.25) is 0 Å². The zero-order valence-electron chi connectivity index (χ0n) is 20.6. The zero-order chi connectivity index (χ0) is 24.7. The minimum Gasteiger partial charge on any atom is -0.388 e. The number of hydrogen-bond acceptors (Lipinski definition) is 7. The fourth-order valence-corrected chi connectivity index (χ4v) is 5.55. The van der Waals surface area contributed by atoms with E-state index in [0.29, 0.717) is 12.0 Å². The van der Waals surface area contributed by atoms with E-state index in [0.717, 1.165) is 37.9 Å². The fourth-order valence-electron chi connectivity index (χ4n) is 5.55. The van der Waals surface area contributed by atoms with Gasteiger partial charge in [0.15, 0.2) is 5.78 Å². The average molecular weight is 485 g/mol. The number of β-amino-alcohol motifs (C(OH)–C–C–N with tert-alkyl or cyclic N) is 1. The number of hydrogen-bond donors (Lipinski definition) is 2. The SMILES string of the molecule is CC[C@H](C)[C@H](NC(=O)c1ccc(N2CCN(C3CC3)CC2)cc1)C(=O)N1C[C@@H](O)[C@H]2OCC(=O)[C@H]21. The molecule has 0 aromatic heterocycles. The molecule has 5 rings (SSSR count). The lowest BCUT2D eigenvalue weighted by Gasteiger charge is -2.36. The smallest absolute Gasteiger partial charge is 0.251 e. The van der Waals surface area contributed by atoms with Crippen molar-refractivity contribution < 1.29 is 24.2 Å². The van der Waals surface area contributed by atoms with Crippen LogP contribution in [0.15, 0.2) is 24.3 Å². The second-order valence-corrected chi connectivity index (χ2v) is 10.4. The van der Waals surface area contributed by atoms with Crippen molar-refractivity contribution in [2.45, 2.75) is 63.4 Å². The molecule has 0 unspecified atom stereocenters. The quantitative estimate of drug-likeness (QED) is 0.586. The summed E-state index contributed by atoms with van der Waals surface area (Å²) in [5.41, 5.74) is 1.59. The van der Waals surface area contributed by atoms with E-state index in [1.54, 1.807) is 12.1 Å². The van der Waals surface area contributed by atoms with Crippen LogP contribution in [0.5, 0.6) is 0 Å². The van der Waals surface area contributed by atoms with Gasteiger partial charge < -0.3 is 25.0 Å². The van der Waals surface area contributed by atoms with Crippen LogP contribution in [0.1, 0.15) is 43.5 Å². The number of ether oxygens (including phenoxy) is 1. The first-order valence-electron chi connectivity index (χ1n) is 12.9. The number of benzene rings is 1. The van der Waals surface area contributed by atoms with Crippen molar-refractivity contribution in [2.24, 2.45) is 5.92 Å². The monoisotopic (exact) mass is 484 g/mol. The van der Waals surface area contributed by atoms with Crippen LogP contribution >= 0.6 is 0 Å². The van der Waals surface area contributed by atoms with Crippen LogP contribution in [0.25, 0.3) is 0 Å². The van der Waals surface area contributed by atoms with Crippen molar-refractivity contribution in [1.82, 2.24) is 15.1 Å². The summed E-state index contributed by atoms with van der Waals surface area (Å²) in [7, 11) is 0. The number of piperazine rings is 1. The molecule has 5 atom stereocenters. The van der Waals surface area contributed by atoms with Crippen LogP contribution in [-0.4, -0.2) is 102 Å². The Balaban J connectivity index is 1.24. The summed E-state index contributed by atoms with van der Waals surface area (Å²) in [6.07, 6.45) is 1.75. The van der Waals surface area contributed by atoms with Crippen LogP contribution in [-0.2, 0) is 14.3 Å². The van der Waals surface area contributed by atoms with Gasteiger partial charge in [-0.3, -0.25) is 19.3 Å². The van der Waals surface area contributed by atoms with Crippen LogP contribution < -0.4 is 10.2 Å². The molecule has 9 nitrogen and oxygen atoms in total. The maximum absolute atomic E-state index is 13.5. The Hall–Kier alpha value is -2.49. The van der Waals surface area contributed by atoms with Crippen molar-refractivity contribution in [3.8, 4) is 0 Å². The molecule has 1 aromatic rings. The van der Waals surface area contributed by atoms with E-state index >= 15 is 0 Å². The first kappa shape index (κ1) is 24.2. The molecule has 3 saturated heterocycles. The Kier molecular flexibility index (Phi) is 6.83. The molecule has 3 aliphatic heterocycles. The third kappa shape index (κ3) is 4.81. The average Bonchev–Trinajstić information content (AvgIpc) is 3.58. The molecule has 35 heavy (non-hydrogen) atoms. The normalized spacial score (nSPS) is 28.7. The zero-order valence-corrected chi connectivity index (χ0v) is 20.6. The van der Waals surface area contributed by atoms with Gasteiger partial charge in [-0.2, -0.15) is 0 Å². The Morgan fingerprint density at radius 3 is 2.46 bits per heavy atom. The van der Waals surface area contributed by atoms with Gasteiger partial charge in [0.1, 0.15) is 30.9 Å². The lowest BCUT2D eigenvalue weighted by molar-refractivity contribution is -0.139. The van der Waals surface area contributed by atoms with E-state index in [9.17, 15) is 19.5 Å². The summed E-state index contributed by atoms with van der Waals surface area (Å²) < 4.78 is 5.39. The topological polar surface area (TPSA) is 102 Å². The van der Waals surface area contributed by atoms with Gasteiger partial charge in [-0.1, -0.05) is 20.3 Å². The van der Waals surface area contributed by atoms with E-state index in [4.69, 9.17) is 4.74 Å². The molecule has 2 amide bonds. The number of rotatable bonds is 7. The van der Waals surface area contributed by atoms with Crippen molar-refractivity contribution in [1.29, 1.82) is 0 Å². The molecule has 4 fully saturated rings. The highest BCUT2D eigenvalue weighted by Crippen LogP contribution is 2.30. The van der Waals surface area contributed by atoms with E-state index in [1.165, 1.54) is 17.7 Å². The largest absolute Gasteiger partial charge is 0.388 e. The number of nitrogens with one attached hydrogen (secondary N) is 1. The minimum atomic E-state index is -0.901. The first-order valence-corrected chi connectivity index (χ1v) is 12.9. The number of aliphatic hydroxyl groups is 1. The Morgan fingerprint density at radius 1 is 1.14 bits per heavy atom. The van der Waals surface area contributed by atoms with Gasteiger partial charge in [0.05, 0.1) is 6.54 Å². The predicted molar refractivity (Wildman–Crippen MR) is 130 cm³/mol. The third-order valence-electron chi connectivity index (χ3n) is 8.08. The molecule has 1 aliphatic carbocycles. The van der Waals surface area contributed by atoms with E-state index < -0.39 is 24.3 Å². The number of nitrogens with zero attached hydrogens (tertiary/aromatic N) is 3. The molecule has 4 aliphatic rings. The van der Waals surface area contributed by atoms with Crippen LogP contribution in [0.4, 0.5) is 5.69 Å². The Labute approximate surface area is 206 Å². The highest BCUT2D eigenvalue weighted by molar-refractivity contribution is 5.99. The number of ketones is 1. The maximum atomic E-state index is 13.5. The van der Waals surface area contributed by atoms with Gasteiger partial charge >= 0.3 is 0 Å². The first-order chi connectivity index (χ1) is 16.9. The number of carbonyl (C=O) groups excluding carboxylic acids is 3. The Morgan fingerprint density at radius 2 is 1.83 bits per heavy atom. The molecule has 9 heteroatoms. The van der Waals surface area contributed by atoms with Gasteiger partial charge in [0, 0.05) is 43.5 Å². The Bertz CT molecular complexity index is 957. The van der Waals surface area contributed by atoms with Crippen molar-refractivity contribution in [3.63, 3.8) is 0 Å². The number of Topliss-reactive ketones (excluding diaryl/α,β-unsaturated/α-hetero) is 1. The summed E-state index contributed by atoms with van der Waals surface area (Å²) in [6, 6.07) is 6.77. The second kappa shape index (κ2) is 9.87. The summed E-state index contributed by atoms with van der Waals surface area (Å²) in [5, 5.41) is 13.2. The van der Waals surface area contributed by atoms with Crippen molar-refractivity contribution in [2.75, 3.05) is 44.2 Å². The number of fused-ring (bicyclic) bond motifs is 1. The van der Waals surface area contributed by atoms with Gasteiger partial charge in [0.25, 0.3) is 5.91 Å². The van der Waals surface area contributed by atoms with Crippen molar-refractivity contribution >= 4 is 23.3 Å². The molecule has 190 valence electrons. The van der Waals surface area contributed by atoms with Crippen LogP contribution in [0.3, 0.4) is 0 Å². The number of likely N-dealkylation sites (tertiary alicyclic amines) is 1. The standard InChI is InChI=1S/C26H36N4O5/c1-3-16(2)22(26(34)30-14-20(31)24-23(30)21(32)15-35-24)27-25(33)17-4-6-18(7-5-17)28-10-12-29(13-11-28)19-8-9-19/h4-7,16,19-20,22-24,31H,3,8-15H2,1-2H3,(H,27,33)/t16-,20+,22-,23+,24+/m0/s1. The van der Waals surface area contributed by atoms with E-state index in [-0.39, 0.29) is 36.7 Å². The molecule has 0 radical (unpaired) electrons. The lowest BCUT2D eigenvalue weighted by atomic mass is 9.96. The molecule has 3 heterocycles. The molecule has 1 aromatic carbocycles. The predicted octanol–water partition coefficient (Wildman–Crippen LogP) is 0.655. The maximum Gasteiger partial charge on any atom is 0.251 e. The molecule has 2 N–H and O–H groups in total. The second-order valence-electron chi connectivity index (χ2n) is 10.4. The fraction of sp³-hybridized carbons (Fsp3) is 0.654. The summed E-state index contributed by atoms with van der Waals surface area (Å²) in [6.45, 7) is 7.92. The molecule has 0 bridgehead atoms. The van der Waals surface area contributed by atoms with Gasteiger partial charge in [0.2, 0.25) is 5.91 Å². The van der Waals surface area contributed by atoms with Crippen molar-refractivity contribution in [3.05, 3.63) is 29.8 Å². The summed E-state index contributed by atoms with van der Waals surface area (Å²) in [5.74, 6) is -1.01. The molecule has 0 spiro atoms. The molecular weight excluding hydrogens is 448 g/mol. The highest BCUT2D eigenvalue weighted by atomic mass is 16.5. The summed E-state index contributed by atoms with van der Waals surface area (Å²) >= 11 is 0. The van der Waals surface area contributed by atoms with E-state index in [2.05, 4.69) is 15.1 Å². The molecule has 1 saturated carbocycles. The van der Waals surface area contributed by atoms with E-state index in [1.807, 2.05) is 26.0 Å². The number of carbonyl (C=O) groups is 3. The van der Waals surface area contributed by atoms with Gasteiger partial charge in [-0.05, 0) is 43.0 Å². The lowest BCUT2D eigenvalue weighted by Crippen LogP contribution is -2.54. The number of aliphatic hydroxyl groups excluding tert-OH is 1. The third-order valence-corrected chi connectivity index (χ3v) is 8.08. The summed E-state index contributed by atoms with van der Waals surface area (Å²) in [4.78, 5) is 45.2. The van der Waals surface area contributed by atoms with Gasteiger partial charge in [-0.15, -0.1) is 0 Å². The molecular formula is C26H36N4O5. The van der Waals surface area contributed by atoms with Gasteiger partial charge in [-0.25, -0.2) is 0 Å².